The van der Waals surface area contributed by atoms with Crippen molar-refractivity contribution < 1.29 is 9.53 Å². The summed E-state index contributed by atoms with van der Waals surface area (Å²) in [5.41, 5.74) is 1.60. The van der Waals surface area contributed by atoms with Crippen LogP contribution in [0.2, 0.25) is 0 Å². The average Bonchev–Trinajstić information content (AvgIpc) is 2.81. The Hall–Kier alpha value is -1.95. The summed E-state index contributed by atoms with van der Waals surface area (Å²) in [7, 11) is 0. The van der Waals surface area contributed by atoms with E-state index in [4.69, 9.17) is 4.74 Å². The van der Waals surface area contributed by atoms with Gasteiger partial charge in [-0.3, -0.25) is 0 Å². The molecule has 0 amide bonds. The molecule has 0 saturated heterocycles. The van der Waals surface area contributed by atoms with E-state index in [2.05, 4.69) is 15.3 Å². The third kappa shape index (κ3) is 4.82. The number of pyridine rings is 1. The Labute approximate surface area is 128 Å². The van der Waals surface area contributed by atoms with Crippen molar-refractivity contribution in [2.75, 3.05) is 5.32 Å². The lowest BCUT2D eigenvalue weighted by Gasteiger charge is -2.19. The van der Waals surface area contributed by atoms with Gasteiger partial charge in [0.25, 0.3) is 0 Å². The Morgan fingerprint density at radius 1 is 1.43 bits per heavy atom. The van der Waals surface area contributed by atoms with Gasteiger partial charge in [-0.1, -0.05) is 0 Å². The van der Waals surface area contributed by atoms with Gasteiger partial charge in [0.2, 0.25) is 0 Å². The molecule has 6 heteroatoms. The standard InChI is InChI=1S/C15H19N3O2S/c1-10-9-21-13(18-10)8-17-11-5-6-16-12(7-11)14(19)20-15(2,3)4/h5-7,9H,8H2,1-4H3,(H,16,17). The van der Waals surface area contributed by atoms with Crippen molar-refractivity contribution in [3.63, 3.8) is 0 Å². The highest BCUT2D eigenvalue weighted by Crippen LogP contribution is 2.15. The maximum Gasteiger partial charge on any atom is 0.357 e. The van der Waals surface area contributed by atoms with Crippen LogP contribution >= 0.6 is 11.3 Å². The first-order valence-electron chi connectivity index (χ1n) is 6.68. The highest BCUT2D eigenvalue weighted by molar-refractivity contribution is 7.09. The van der Waals surface area contributed by atoms with E-state index in [1.165, 1.54) is 0 Å². The van der Waals surface area contributed by atoms with Gasteiger partial charge in [0.1, 0.15) is 16.3 Å². The first kappa shape index (κ1) is 15.4. The molecule has 0 fully saturated rings. The van der Waals surface area contributed by atoms with E-state index in [9.17, 15) is 4.79 Å². The normalized spacial score (nSPS) is 11.2. The second-order valence-corrected chi connectivity index (χ2v) is 6.61. The summed E-state index contributed by atoms with van der Waals surface area (Å²) in [5, 5.41) is 6.25. The van der Waals surface area contributed by atoms with Crippen LogP contribution in [-0.4, -0.2) is 21.5 Å². The number of rotatable bonds is 4. The number of esters is 1. The van der Waals surface area contributed by atoms with Gasteiger partial charge in [0.05, 0.1) is 6.54 Å². The van der Waals surface area contributed by atoms with Crippen LogP contribution in [0.15, 0.2) is 23.7 Å². The summed E-state index contributed by atoms with van der Waals surface area (Å²) in [6.45, 7) is 8.08. The predicted octanol–water partition coefficient (Wildman–Crippen LogP) is 3.41. The van der Waals surface area contributed by atoms with E-state index in [0.717, 1.165) is 16.4 Å². The van der Waals surface area contributed by atoms with Crippen LogP contribution in [-0.2, 0) is 11.3 Å². The summed E-state index contributed by atoms with van der Waals surface area (Å²) in [6, 6.07) is 3.50. The molecule has 2 aromatic rings. The lowest BCUT2D eigenvalue weighted by atomic mass is 10.2. The van der Waals surface area contributed by atoms with Gasteiger partial charge >= 0.3 is 5.97 Å². The molecule has 0 aliphatic rings. The number of nitrogens with one attached hydrogen (secondary N) is 1. The van der Waals surface area contributed by atoms with Gasteiger partial charge in [-0.25, -0.2) is 14.8 Å². The molecule has 0 aliphatic heterocycles. The van der Waals surface area contributed by atoms with Crippen molar-refractivity contribution in [2.24, 2.45) is 0 Å². The van der Waals surface area contributed by atoms with E-state index in [1.807, 2.05) is 39.1 Å². The lowest BCUT2D eigenvalue weighted by molar-refractivity contribution is 0.00629. The minimum Gasteiger partial charge on any atom is -0.455 e. The third-order valence-electron chi connectivity index (χ3n) is 2.48. The SMILES string of the molecule is Cc1csc(CNc2ccnc(C(=O)OC(C)(C)C)c2)n1. The molecule has 0 spiro atoms. The summed E-state index contributed by atoms with van der Waals surface area (Å²) >= 11 is 1.61. The molecule has 0 aromatic carbocycles. The first-order chi connectivity index (χ1) is 9.83. The fraction of sp³-hybridized carbons (Fsp3) is 0.400. The van der Waals surface area contributed by atoms with E-state index in [0.29, 0.717) is 12.2 Å². The summed E-state index contributed by atoms with van der Waals surface area (Å²) < 4.78 is 5.31. The number of anilines is 1. The van der Waals surface area contributed by atoms with Crippen molar-refractivity contribution in [1.82, 2.24) is 9.97 Å². The average molecular weight is 305 g/mol. The molecule has 2 rings (SSSR count). The second-order valence-electron chi connectivity index (χ2n) is 5.67. The van der Waals surface area contributed by atoms with Gasteiger partial charge in [-0.15, -0.1) is 11.3 Å². The Balaban J connectivity index is 2.02. The topological polar surface area (TPSA) is 64.1 Å². The van der Waals surface area contributed by atoms with Gasteiger partial charge < -0.3 is 10.1 Å². The highest BCUT2D eigenvalue weighted by Gasteiger charge is 2.19. The molecular formula is C15H19N3O2S. The van der Waals surface area contributed by atoms with Crippen LogP contribution in [0.4, 0.5) is 5.69 Å². The van der Waals surface area contributed by atoms with E-state index in [-0.39, 0.29) is 0 Å². The van der Waals surface area contributed by atoms with Crippen LogP contribution in [0.5, 0.6) is 0 Å². The number of ether oxygens (including phenoxy) is 1. The molecular weight excluding hydrogens is 286 g/mol. The van der Waals surface area contributed by atoms with E-state index < -0.39 is 11.6 Å². The molecule has 1 N–H and O–H groups in total. The monoisotopic (exact) mass is 305 g/mol. The molecule has 5 nitrogen and oxygen atoms in total. The van der Waals surface area contributed by atoms with Crippen LogP contribution in [0.1, 0.15) is 42.0 Å². The van der Waals surface area contributed by atoms with Crippen LogP contribution in [0, 0.1) is 6.92 Å². The van der Waals surface area contributed by atoms with E-state index >= 15 is 0 Å². The molecule has 21 heavy (non-hydrogen) atoms. The first-order valence-corrected chi connectivity index (χ1v) is 7.56. The van der Waals surface area contributed by atoms with Crippen LogP contribution in [0.25, 0.3) is 0 Å². The smallest absolute Gasteiger partial charge is 0.357 e. The van der Waals surface area contributed by atoms with E-state index in [1.54, 1.807) is 23.6 Å². The molecule has 0 saturated carbocycles. The molecule has 0 atom stereocenters. The lowest BCUT2D eigenvalue weighted by Crippen LogP contribution is -2.24. The maximum absolute atomic E-state index is 12.0. The van der Waals surface area contributed by atoms with Gasteiger partial charge in [-0.05, 0) is 39.8 Å². The van der Waals surface area contributed by atoms with Gasteiger partial charge in [0, 0.05) is 23.0 Å². The number of nitrogens with zero attached hydrogens (tertiary/aromatic N) is 2. The number of hydrogen-bond donors (Lipinski definition) is 1. The fourth-order valence-electron chi connectivity index (χ4n) is 1.64. The number of thiazole rings is 1. The zero-order valence-corrected chi connectivity index (χ0v) is 13.5. The van der Waals surface area contributed by atoms with Crippen LogP contribution in [0.3, 0.4) is 0 Å². The fourth-order valence-corrected chi connectivity index (χ4v) is 2.36. The number of aryl methyl sites for hydroxylation is 1. The number of carbonyl (C=O) groups excluding carboxylic acids is 1. The quantitative estimate of drug-likeness (QED) is 0.877. The minimum atomic E-state index is -0.527. The predicted molar refractivity (Wildman–Crippen MR) is 83.6 cm³/mol. The largest absolute Gasteiger partial charge is 0.455 e. The summed E-state index contributed by atoms with van der Waals surface area (Å²) in [5.74, 6) is -0.420. The summed E-state index contributed by atoms with van der Waals surface area (Å²) in [4.78, 5) is 20.4. The zero-order valence-electron chi connectivity index (χ0n) is 12.6. The summed E-state index contributed by atoms with van der Waals surface area (Å²) in [6.07, 6.45) is 1.59. The van der Waals surface area contributed by atoms with Gasteiger partial charge in [-0.2, -0.15) is 0 Å². The molecule has 2 heterocycles. The van der Waals surface area contributed by atoms with Crippen LogP contribution < -0.4 is 5.32 Å². The molecule has 0 unspecified atom stereocenters. The Morgan fingerprint density at radius 2 is 2.19 bits per heavy atom. The number of hydrogen-bond acceptors (Lipinski definition) is 6. The molecule has 112 valence electrons. The number of carbonyl (C=O) groups is 1. The zero-order chi connectivity index (χ0) is 15.5. The van der Waals surface area contributed by atoms with Gasteiger partial charge in [0.15, 0.2) is 0 Å². The molecule has 2 aromatic heterocycles. The van der Waals surface area contributed by atoms with Crippen molar-refractivity contribution in [3.8, 4) is 0 Å². The minimum absolute atomic E-state index is 0.297. The highest BCUT2D eigenvalue weighted by atomic mass is 32.1. The van der Waals surface area contributed by atoms with Crippen molar-refractivity contribution in [3.05, 3.63) is 40.1 Å². The molecule has 0 aliphatic carbocycles. The Bertz CT molecular complexity index is 632. The maximum atomic E-state index is 12.0. The molecule has 0 radical (unpaired) electrons. The Kier molecular flexibility index (Phi) is 4.57. The second kappa shape index (κ2) is 6.22. The van der Waals surface area contributed by atoms with Crippen molar-refractivity contribution in [1.29, 1.82) is 0 Å². The van der Waals surface area contributed by atoms with Crippen molar-refractivity contribution >= 4 is 23.0 Å². The van der Waals surface area contributed by atoms with Crippen molar-refractivity contribution in [2.45, 2.75) is 39.8 Å². The Morgan fingerprint density at radius 3 is 2.81 bits per heavy atom. The molecule has 0 bridgehead atoms. The number of aromatic nitrogens is 2. The third-order valence-corrected chi connectivity index (χ3v) is 3.44.